The van der Waals surface area contributed by atoms with Gasteiger partial charge in [0.2, 0.25) is 5.91 Å². The Bertz CT molecular complexity index is 207. The van der Waals surface area contributed by atoms with Gasteiger partial charge in [-0.05, 0) is 19.8 Å². The molecule has 88 valence electrons. The molecule has 0 saturated carbocycles. The Kier molecular flexibility index (Phi) is 7.62. The SMILES string of the molecule is CCOC(=O)CCCNC(=O)C(N)CC. The lowest BCUT2D eigenvalue weighted by atomic mass is 10.2. The molecular formula is C10H20N2O3. The molecule has 0 aliphatic carbocycles. The van der Waals surface area contributed by atoms with Crippen molar-refractivity contribution in [3.8, 4) is 0 Å². The second-order valence-corrected chi connectivity index (χ2v) is 3.21. The van der Waals surface area contributed by atoms with Crippen molar-refractivity contribution in [2.75, 3.05) is 13.2 Å². The van der Waals surface area contributed by atoms with Crippen molar-refractivity contribution in [2.45, 2.75) is 39.2 Å². The van der Waals surface area contributed by atoms with Crippen molar-refractivity contribution in [3.05, 3.63) is 0 Å². The van der Waals surface area contributed by atoms with E-state index >= 15 is 0 Å². The zero-order valence-electron chi connectivity index (χ0n) is 9.41. The molecule has 0 aliphatic rings. The standard InChI is InChI=1S/C10H20N2O3/c1-3-8(11)10(14)12-7-5-6-9(13)15-4-2/h8H,3-7,11H2,1-2H3,(H,12,14). The Morgan fingerprint density at radius 2 is 2.07 bits per heavy atom. The van der Waals surface area contributed by atoms with Crippen LogP contribution in [0, 0.1) is 0 Å². The summed E-state index contributed by atoms with van der Waals surface area (Å²) in [5.41, 5.74) is 5.50. The largest absolute Gasteiger partial charge is 0.466 e. The molecule has 0 fully saturated rings. The van der Waals surface area contributed by atoms with Crippen LogP contribution in [0.25, 0.3) is 0 Å². The van der Waals surface area contributed by atoms with Gasteiger partial charge < -0.3 is 15.8 Å². The van der Waals surface area contributed by atoms with Crippen LogP contribution in [0.15, 0.2) is 0 Å². The van der Waals surface area contributed by atoms with Crippen molar-refractivity contribution in [1.82, 2.24) is 5.32 Å². The summed E-state index contributed by atoms with van der Waals surface area (Å²) in [6.07, 6.45) is 1.53. The lowest BCUT2D eigenvalue weighted by Crippen LogP contribution is -2.40. The molecule has 0 aromatic rings. The summed E-state index contributed by atoms with van der Waals surface area (Å²) < 4.78 is 4.74. The van der Waals surface area contributed by atoms with Crippen molar-refractivity contribution in [2.24, 2.45) is 5.73 Å². The van der Waals surface area contributed by atoms with E-state index in [0.717, 1.165) is 0 Å². The molecule has 1 amide bonds. The normalized spacial score (nSPS) is 11.9. The molecule has 0 spiro atoms. The molecule has 0 heterocycles. The molecule has 15 heavy (non-hydrogen) atoms. The van der Waals surface area contributed by atoms with Crippen LogP contribution in [-0.4, -0.2) is 31.1 Å². The minimum atomic E-state index is -0.451. The van der Waals surface area contributed by atoms with Gasteiger partial charge >= 0.3 is 5.97 Å². The molecule has 0 aromatic carbocycles. The van der Waals surface area contributed by atoms with Crippen LogP contribution >= 0.6 is 0 Å². The first-order valence-corrected chi connectivity index (χ1v) is 5.30. The summed E-state index contributed by atoms with van der Waals surface area (Å²) >= 11 is 0. The smallest absolute Gasteiger partial charge is 0.305 e. The number of carbonyl (C=O) groups is 2. The van der Waals surface area contributed by atoms with Crippen molar-refractivity contribution < 1.29 is 14.3 Å². The molecule has 0 radical (unpaired) electrons. The number of ether oxygens (including phenoxy) is 1. The molecule has 0 rings (SSSR count). The first-order chi connectivity index (χ1) is 7.11. The fourth-order valence-electron chi connectivity index (χ4n) is 0.994. The van der Waals surface area contributed by atoms with E-state index in [4.69, 9.17) is 10.5 Å². The number of esters is 1. The number of rotatable bonds is 7. The van der Waals surface area contributed by atoms with Crippen molar-refractivity contribution in [1.29, 1.82) is 0 Å². The highest BCUT2D eigenvalue weighted by Crippen LogP contribution is 1.92. The molecule has 5 heteroatoms. The van der Waals surface area contributed by atoms with Gasteiger partial charge in [0.25, 0.3) is 0 Å². The summed E-state index contributed by atoms with van der Waals surface area (Å²) in [6, 6.07) is -0.451. The highest BCUT2D eigenvalue weighted by Gasteiger charge is 2.09. The number of hydrogen-bond acceptors (Lipinski definition) is 4. The molecule has 5 nitrogen and oxygen atoms in total. The Balaban J connectivity index is 3.46. The fourth-order valence-corrected chi connectivity index (χ4v) is 0.994. The minimum Gasteiger partial charge on any atom is -0.466 e. The third-order valence-corrected chi connectivity index (χ3v) is 1.94. The zero-order valence-corrected chi connectivity index (χ0v) is 9.41. The van der Waals surface area contributed by atoms with Gasteiger partial charge in [-0.2, -0.15) is 0 Å². The lowest BCUT2D eigenvalue weighted by Gasteiger charge is -2.09. The van der Waals surface area contributed by atoms with E-state index in [-0.39, 0.29) is 11.9 Å². The second kappa shape index (κ2) is 8.23. The summed E-state index contributed by atoms with van der Waals surface area (Å²) in [4.78, 5) is 22.1. The van der Waals surface area contributed by atoms with E-state index in [9.17, 15) is 9.59 Å². The van der Waals surface area contributed by atoms with Gasteiger partial charge in [-0.25, -0.2) is 0 Å². The van der Waals surface area contributed by atoms with Gasteiger partial charge in [0, 0.05) is 13.0 Å². The summed E-state index contributed by atoms with van der Waals surface area (Å²) in [7, 11) is 0. The highest BCUT2D eigenvalue weighted by atomic mass is 16.5. The third-order valence-electron chi connectivity index (χ3n) is 1.94. The van der Waals surface area contributed by atoms with Gasteiger partial charge in [0.15, 0.2) is 0 Å². The van der Waals surface area contributed by atoms with Gasteiger partial charge in [-0.3, -0.25) is 9.59 Å². The van der Waals surface area contributed by atoms with E-state index in [2.05, 4.69) is 5.32 Å². The molecule has 0 aliphatic heterocycles. The van der Waals surface area contributed by atoms with Crippen LogP contribution in [0.3, 0.4) is 0 Å². The molecule has 3 N–H and O–H groups in total. The summed E-state index contributed by atoms with van der Waals surface area (Å²) in [5.74, 6) is -0.395. The van der Waals surface area contributed by atoms with Crippen LogP contribution in [0.5, 0.6) is 0 Å². The van der Waals surface area contributed by atoms with Crippen molar-refractivity contribution >= 4 is 11.9 Å². The van der Waals surface area contributed by atoms with E-state index in [1.165, 1.54) is 0 Å². The summed E-state index contributed by atoms with van der Waals surface area (Å²) in [6.45, 7) is 4.47. The van der Waals surface area contributed by atoms with Gasteiger partial charge in [-0.1, -0.05) is 6.92 Å². The van der Waals surface area contributed by atoms with Crippen LogP contribution in [-0.2, 0) is 14.3 Å². The number of nitrogens with one attached hydrogen (secondary N) is 1. The number of amides is 1. The van der Waals surface area contributed by atoms with Crippen LogP contribution in [0.2, 0.25) is 0 Å². The molecular weight excluding hydrogens is 196 g/mol. The van der Waals surface area contributed by atoms with E-state index in [0.29, 0.717) is 32.4 Å². The topological polar surface area (TPSA) is 81.4 Å². The fraction of sp³-hybridized carbons (Fsp3) is 0.800. The number of hydrogen-bond donors (Lipinski definition) is 2. The van der Waals surface area contributed by atoms with Gasteiger partial charge in [0.05, 0.1) is 12.6 Å². The number of carbonyl (C=O) groups excluding carboxylic acids is 2. The second-order valence-electron chi connectivity index (χ2n) is 3.21. The molecule has 1 atom stereocenters. The third kappa shape index (κ3) is 6.90. The average Bonchev–Trinajstić information content (AvgIpc) is 2.23. The lowest BCUT2D eigenvalue weighted by molar-refractivity contribution is -0.143. The monoisotopic (exact) mass is 216 g/mol. The maximum absolute atomic E-state index is 11.2. The predicted octanol–water partition coefficient (Wildman–Crippen LogP) is 0.183. The van der Waals surface area contributed by atoms with E-state index < -0.39 is 6.04 Å². The van der Waals surface area contributed by atoms with Crippen molar-refractivity contribution in [3.63, 3.8) is 0 Å². The van der Waals surface area contributed by atoms with Crippen LogP contribution < -0.4 is 11.1 Å². The van der Waals surface area contributed by atoms with Crippen LogP contribution in [0.1, 0.15) is 33.1 Å². The molecule has 1 unspecified atom stereocenters. The van der Waals surface area contributed by atoms with Crippen LogP contribution in [0.4, 0.5) is 0 Å². The molecule has 0 bridgehead atoms. The minimum absolute atomic E-state index is 0.165. The predicted molar refractivity (Wildman–Crippen MR) is 57.1 cm³/mol. The average molecular weight is 216 g/mol. The Hall–Kier alpha value is -1.10. The van der Waals surface area contributed by atoms with E-state index in [1.54, 1.807) is 6.92 Å². The maximum atomic E-state index is 11.2. The Morgan fingerprint density at radius 1 is 1.40 bits per heavy atom. The maximum Gasteiger partial charge on any atom is 0.305 e. The Morgan fingerprint density at radius 3 is 2.60 bits per heavy atom. The molecule has 0 saturated heterocycles. The first-order valence-electron chi connectivity index (χ1n) is 5.30. The van der Waals surface area contributed by atoms with E-state index in [1.807, 2.05) is 6.92 Å². The Labute approximate surface area is 90.4 Å². The quantitative estimate of drug-likeness (QED) is 0.470. The highest BCUT2D eigenvalue weighted by molar-refractivity contribution is 5.81. The number of nitrogens with two attached hydrogens (primary N) is 1. The zero-order chi connectivity index (χ0) is 11.7. The van der Waals surface area contributed by atoms with Gasteiger partial charge in [0.1, 0.15) is 0 Å². The summed E-state index contributed by atoms with van der Waals surface area (Å²) in [5, 5.41) is 2.66. The first kappa shape index (κ1) is 13.9. The molecule has 0 aromatic heterocycles. The van der Waals surface area contributed by atoms with Gasteiger partial charge in [-0.15, -0.1) is 0 Å².